The van der Waals surface area contributed by atoms with Crippen LogP contribution in [0, 0.1) is 10.8 Å². The zero-order valence-electron chi connectivity index (χ0n) is 29.8. The molecular formula is C41H50F2N2O6-2. The molecule has 3 aromatic rings. The van der Waals surface area contributed by atoms with Crippen LogP contribution in [0.4, 0.5) is 8.78 Å². The lowest BCUT2D eigenvalue weighted by molar-refractivity contribution is -0.337. The Kier molecular flexibility index (Phi) is 12.5. The molecule has 5 rings (SSSR count). The summed E-state index contributed by atoms with van der Waals surface area (Å²) in [5.41, 5.74) is -0.821. The fourth-order valence-corrected chi connectivity index (χ4v) is 9.19. The summed E-state index contributed by atoms with van der Waals surface area (Å²) in [5.74, 6) is -4.47. The van der Waals surface area contributed by atoms with Gasteiger partial charge in [-0.3, -0.25) is 0 Å². The van der Waals surface area contributed by atoms with Crippen LogP contribution >= 0.6 is 0 Å². The number of carboxylic acid groups (broad SMARTS) is 2. The number of nitrogens with zero attached hydrogens (tertiary/aromatic N) is 1. The summed E-state index contributed by atoms with van der Waals surface area (Å²) in [6.07, 6.45) is 3.09. The van der Waals surface area contributed by atoms with E-state index in [1.54, 1.807) is 26.8 Å². The fraction of sp³-hybridized carbons (Fsp3) is 0.512. The first-order chi connectivity index (χ1) is 24.5. The minimum absolute atomic E-state index is 0.00783. The molecule has 0 radical (unpaired) electrons. The largest absolute Gasteiger partial charge is 0.549 e. The number of nitrogens with one attached hydrogen (secondary N) is 1. The molecule has 0 amide bonds. The number of piperidine rings is 2. The first-order valence-electron chi connectivity index (χ1n) is 18.2. The van der Waals surface area contributed by atoms with Crippen LogP contribution in [0.15, 0.2) is 84.9 Å². The highest BCUT2D eigenvalue weighted by atomic mass is 19.3. The molecule has 0 aliphatic carbocycles. The van der Waals surface area contributed by atoms with Crippen LogP contribution < -0.4 is 20.3 Å². The van der Waals surface area contributed by atoms with E-state index in [4.69, 9.17) is 9.47 Å². The van der Waals surface area contributed by atoms with Crippen LogP contribution in [-0.2, 0) is 19.7 Å². The van der Waals surface area contributed by atoms with Gasteiger partial charge in [-0.1, -0.05) is 85.8 Å². The van der Waals surface area contributed by atoms with Crippen LogP contribution in [0.3, 0.4) is 0 Å². The van der Waals surface area contributed by atoms with Gasteiger partial charge in [0.15, 0.2) is 0 Å². The summed E-state index contributed by atoms with van der Waals surface area (Å²) in [6.45, 7) is 5.30. The third-order valence-electron chi connectivity index (χ3n) is 11.9. The Bertz CT molecular complexity index is 1540. The van der Waals surface area contributed by atoms with Gasteiger partial charge in [0.1, 0.15) is 5.75 Å². The SMILES string of the molecule is CCC1(C(=O)[O-])C(c2ccccc2OC(F)F)C(CCCOCCCN2CCC(c3ccccc3)(c3ccccc3)CC2)(C(=O)[O-])C(C)N[C@@H]1C. The first-order valence-corrected chi connectivity index (χ1v) is 18.2. The van der Waals surface area contributed by atoms with Gasteiger partial charge in [0.2, 0.25) is 0 Å². The third kappa shape index (κ3) is 7.55. The molecule has 5 atom stereocenters. The summed E-state index contributed by atoms with van der Waals surface area (Å²) in [4.78, 5) is 28.8. The minimum atomic E-state index is -3.19. The molecule has 4 unspecified atom stereocenters. The van der Waals surface area contributed by atoms with E-state index in [1.165, 1.54) is 29.3 Å². The third-order valence-corrected chi connectivity index (χ3v) is 11.9. The monoisotopic (exact) mass is 704 g/mol. The average molecular weight is 705 g/mol. The summed E-state index contributed by atoms with van der Waals surface area (Å²) >= 11 is 0. The van der Waals surface area contributed by atoms with Crippen LogP contribution in [-0.4, -0.2) is 68.4 Å². The normalized spacial score (nSPS) is 26.5. The number of aliphatic carboxylic acids is 2. The Labute approximate surface area is 300 Å². The number of hydrogen-bond donors (Lipinski definition) is 1. The maximum Gasteiger partial charge on any atom is 0.387 e. The summed E-state index contributed by atoms with van der Waals surface area (Å²) < 4.78 is 37.9. The Hall–Kier alpha value is -3.86. The zero-order chi connectivity index (χ0) is 36.6. The number of carbonyl (C=O) groups is 2. The van der Waals surface area contributed by atoms with Crippen LogP contribution in [0.25, 0.3) is 0 Å². The quantitative estimate of drug-likeness (QED) is 0.210. The highest BCUT2D eigenvalue weighted by Gasteiger charge is 2.61. The van der Waals surface area contributed by atoms with Gasteiger partial charge < -0.3 is 39.5 Å². The lowest BCUT2D eigenvalue weighted by Crippen LogP contribution is -2.72. The standard InChI is InChI=1S/C41H52F2N2O6/c1-4-40(36(46)47)29(2)44-30(3)41(37(48)49,35(40)33-19-11-12-20-34(33)51-38(42)43)21-13-27-50-28-14-24-45-25-22-39(23-26-45,31-15-7-5-8-16-31)32-17-9-6-10-18-32/h5-12,15-20,29-30,35,38,44H,4,13-14,21-28H2,1-3H3,(H,46,47)(H,48,49)/p-2/t29-,30?,35?,40?,41?/m1/s1. The molecule has 0 aromatic heterocycles. The van der Waals surface area contributed by atoms with Gasteiger partial charge in [-0.2, -0.15) is 8.78 Å². The lowest BCUT2D eigenvalue weighted by Gasteiger charge is -2.62. The molecule has 0 bridgehead atoms. The molecule has 276 valence electrons. The van der Waals surface area contributed by atoms with Crippen LogP contribution in [0.1, 0.15) is 81.9 Å². The smallest absolute Gasteiger partial charge is 0.387 e. The van der Waals surface area contributed by atoms with E-state index in [0.717, 1.165) is 38.9 Å². The maximum atomic E-state index is 13.5. The highest BCUT2D eigenvalue weighted by Crippen LogP contribution is 2.59. The van der Waals surface area contributed by atoms with E-state index in [2.05, 4.69) is 70.9 Å². The molecule has 2 aliphatic rings. The molecular weight excluding hydrogens is 654 g/mol. The predicted molar refractivity (Wildman–Crippen MR) is 187 cm³/mol. The second-order valence-corrected chi connectivity index (χ2v) is 14.2. The minimum Gasteiger partial charge on any atom is -0.549 e. The van der Waals surface area contributed by atoms with Crippen molar-refractivity contribution in [3.8, 4) is 5.75 Å². The molecule has 3 aromatic carbocycles. The van der Waals surface area contributed by atoms with E-state index in [0.29, 0.717) is 6.61 Å². The highest BCUT2D eigenvalue weighted by molar-refractivity contribution is 5.82. The molecule has 0 spiro atoms. The van der Waals surface area contributed by atoms with Gasteiger partial charge in [0.05, 0.1) is 0 Å². The molecule has 51 heavy (non-hydrogen) atoms. The molecule has 2 heterocycles. The number of carboxylic acids is 2. The van der Waals surface area contributed by atoms with E-state index in [-0.39, 0.29) is 42.6 Å². The number of alkyl halides is 2. The van der Waals surface area contributed by atoms with Gasteiger partial charge >= 0.3 is 6.61 Å². The summed E-state index contributed by atoms with van der Waals surface area (Å²) in [5, 5.41) is 29.5. The van der Waals surface area contributed by atoms with E-state index < -0.39 is 47.4 Å². The molecule has 2 saturated heterocycles. The number of ether oxygens (including phenoxy) is 2. The number of benzene rings is 3. The van der Waals surface area contributed by atoms with Crippen LogP contribution in [0.2, 0.25) is 0 Å². The second-order valence-electron chi connectivity index (χ2n) is 14.2. The van der Waals surface area contributed by atoms with Crippen molar-refractivity contribution in [1.29, 1.82) is 0 Å². The van der Waals surface area contributed by atoms with Crippen molar-refractivity contribution in [1.82, 2.24) is 10.2 Å². The number of hydrogen-bond acceptors (Lipinski definition) is 8. The second kappa shape index (κ2) is 16.7. The molecule has 2 fully saturated rings. The van der Waals surface area contributed by atoms with Crippen molar-refractivity contribution in [2.24, 2.45) is 10.8 Å². The molecule has 0 saturated carbocycles. The topological polar surface area (TPSA) is 114 Å². The van der Waals surface area contributed by atoms with Crippen molar-refractivity contribution in [2.45, 2.75) is 89.3 Å². The van der Waals surface area contributed by atoms with E-state index in [1.807, 2.05) is 0 Å². The molecule has 1 N–H and O–H groups in total. The lowest BCUT2D eigenvalue weighted by atomic mass is 9.49. The number of para-hydroxylation sites is 1. The Morgan fingerprint density at radius 3 is 1.90 bits per heavy atom. The van der Waals surface area contributed by atoms with Crippen molar-refractivity contribution in [2.75, 3.05) is 32.8 Å². The average Bonchev–Trinajstić information content (AvgIpc) is 3.12. The van der Waals surface area contributed by atoms with Gasteiger partial charge in [-0.25, -0.2) is 0 Å². The Morgan fingerprint density at radius 1 is 0.824 bits per heavy atom. The van der Waals surface area contributed by atoms with Gasteiger partial charge in [0.25, 0.3) is 0 Å². The van der Waals surface area contributed by atoms with Crippen molar-refractivity contribution < 1.29 is 38.1 Å². The van der Waals surface area contributed by atoms with Crippen molar-refractivity contribution in [3.63, 3.8) is 0 Å². The summed E-state index contributed by atoms with van der Waals surface area (Å²) in [7, 11) is 0. The number of likely N-dealkylation sites (tertiary alicyclic amines) is 1. The number of halogens is 2. The Morgan fingerprint density at radius 2 is 1.35 bits per heavy atom. The fourth-order valence-electron chi connectivity index (χ4n) is 9.19. The predicted octanol–water partition coefficient (Wildman–Crippen LogP) is 4.90. The Balaban J connectivity index is 1.23. The maximum absolute atomic E-state index is 13.5. The van der Waals surface area contributed by atoms with Crippen molar-refractivity contribution in [3.05, 3.63) is 102 Å². The first kappa shape index (κ1) is 38.4. The molecule has 10 heteroatoms. The van der Waals surface area contributed by atoms with Gasteiger partial charge in [-0.15, -0.1) is 0 Å². The van der Waals surface area contributed by atoms with E-state index in [9.17, 15) is 28.6 Å². The van der Waals surface area contributed by atoms with Gasteiger partial charge in [0, 0.05) is 65.9 Å². The summed E-state index contributed by atoms with van der Waals surface area (Å²) in [6, 6.07) is 25.8. The molecule has 2 aliphatic heterocycles. The zero-order valence-corrected chi connectivity index (χ0v) is 29.8. The van der Waals surface area contributed by atoms with Crippen LogP contribution in [0.5, 0.6) is 5.75 Å². The number of rotatable bonds is 16. The molecule has 8 nitrogen and oxygen atoms in total. The van der Waals surface area contributed by atoms with Gasteiger partial charge in [-0.05, 0) is 88.2 Å². The number of carbonyl (C=O) groups excluding carboxylic acids is 2. The van der Waals surface area contributed by atoms with E-state index >= 15 is 0 Å². The van der Waals surface area contributed by atoms with Crippen molar-refractivity contribution >= 4 is 11.9 Å².